The maximum absolute atomic E-state index is 13.0. The molecule has 1 heterocycles. The van der Waals surface area contributed by atoms with Gasteiger partial charge >= 0.3 is 0 Å². The van der Waals surface area contributed by atoms with Gasteiger partial charge in [0.2, 0.25) is 0 Å². The molecular weight excluding hydrogens is 423 g/mol. The van der Waals surface area contributed by atoms with E-state index in [0.717, 1.165) is 38.4 Å². The first-order valence-electron chi connectivity index (χ1n) is 10.7. The van der Waals surface area contributed by atoms with Crippen molar-refractivity contribution in [2.75, 3.05) is 36.4 Å². The summed E-state index contributed by atoms with van der Waals surface area (Å²) in [6.45, 7) is 5.31. The van der Waals surface area contributed by atoms with Gasteiger partial charge in [-0.25, -0.2) is 4.39 Å². The number of quaternary nitrogens is 1. The van der Waals surface area contributed by atoms with Crippen LogP contribution in [0, 0.1) is 5.82 Å². The summed E-state index contributed by atoms with van der Waals surface area (Å²) in [5.41, 5.74) is 3.70. The molecule has 32 heavy (non-hydrogen) atoms. The van der Waals surface area contributed by atoms with Crippen LogP contribution in [0.25, 0.3) is 0 Å². The zero-order valence-electron chi connectivity index (χ0n) is 17.7. The lowest BCUT2D eigenvalue weighted by molar-refractivity contribution is -0.914. The minimum Gasteiger partial charge on any atom is -0.360 e. The van der Waals surface area contributed by atoms with E-state index in [4.69, 9.17) is 12.2 Å². The number of halogens is 1. The first-order chi connectivity index (χ1) is 15.6. The van der Waals surface area contributed by atoms with Crippen LogP contribution in [-0.2, 0) is 6.54 Å². The quantitative estimate of drug-likeness (QED) is 0.525. The van der Waals surface area contributed by atoms with E-state index in [1.54, 1.807) is 4.90 Å². The molecular formula is C25H26FN4OS+. The van der Waals surface area contributed by atoms with Crippen LogP contribution >= 0.6 is 12.2 Å². The number of anilines is 2. The van der Waals surface area contributed by atoms with Crippen molar-refractivity contribution in [2.24, 2.45) is 0 Å². The highest BCUT2D eigenvalue weighted by Crippen LogP contribution is 2.18. The Kier molecular flexibility index (Phi) is 7.09. The van der Waals surface area contributed by atoms with Crippen molar-refractivity contribution in [1.29, 1.82) is 0 Å². The Labute approximate surface area is 192 Å². The number of carbonyl (C=O) groups excluding carboxylic acids is 1. The SMILES string of the molecule is O=C(NC(=S)Nc1ccc(N2CC[NH+](Cc3ccccc3)CC2)cc1)c1ccc(F)cc1. The van der Waals surface area contributed by atoms with Gasteiger partial charge in [0.05, 0.1) is 26.2 Å². The first-order valence-corrected chi connectivity index (χ1v) is 11.1. The second-order valence-corrected chi connectivity index (χ2v) is 8.27. The highest BCUT2D eigenvalue weighted by molar-refractivity contribution is 7.80. The lowest BCUT2D eigenvalue weighted by Gasteiger charge is -2.33. The first kappa shape index (κ1) is 21.9. The number of piperazine rings is 1. The van der Waals surface area contributed by atoms with E-state index in [-0.39, 0.29) is 16.8 Å². The second kappa shape index (κ2) is 10.3. The molecule has 1 fully saturated rings. The van der Waals surface area contributed by atoms with Crippen LogP contribution in [0.3, 0.4) is 0 Å². The Hall–Kier alpha value is -3.29. The van der Waals surface area contributed by atoms with Crippen LogP contribution in [0.15, 0.2) is 78.9 Å². The standard InChI is InChI=1S/C25H25FN4OS/c26-21-8-6-20(7-9-21)24(31)28-25(32)27-22-10-12-23(13-11-22)30-16-14-29(15-17-30)18-19-4-2-1-3-5-19/h1-13H,14-18H2,(H2,27,28,31,32)/p+1. The molecule has 1 amide bonds. The largest absolute Gasteiger partial charge is 0.360 e. The molecule has 3 aromatic carbocycles. The van der Waals surface area contributed by atoms with E-state index in [2.05, 4.69) is 58.0 Å². The van der Waals surface area contributed by atoms with Gasteiger partial charge in [0.25, 0.3) is 5.91 Å². The van der Waals surface area contributed by atoms with Crippen LogP contribution in [0.2, 0.25) is 0 Å². The molecule has 5 nitrogen and oxygen atoms in total. The number of hydrogen-bond donors (Lipinski definition) is 3. The molecule has 4 rings (SSSR count). The van der Waals surface area contributed by atoms with Crippen molar-refractivity contribution >= 4 is 34.6 Å². The van der Waals surface area contributed by atoms with Gasteiger partial charge in [-0.1, -0.05) is 30.3 Å². The summed E-state index contributed by atoms with van der Waals surface area (Å²) in [6.07, 6.45) is 0. The van der Waals surface area contributed by atoms with Gasteiger partial charge in [0.1, 0.15) is 12.4 Å². The Morgan fingerprint density at radius 1 is 0.938 bits per heavy atom. The molecule has 0 radical (unpaired) electrons. The monoisotopic (exact) mass is 449 g/mol. The summed E-state index contributed by atoms with van der Waals surface area (Å²) in [6, 6.07) is 24.0. The average molecular weight is 450 g/mol. The minimum absolute atomic E-state index is 0.199. The lowest BCUT2D eigenvalue weighted by atomic mass is 10.2. The van der Waals surface area contributed by atoms with E-state index in [1.807, 2.05) is 12.1 Å². The van der Waals surface area contributed by atoms with E-state index >= 15 is 0 Å². The molecule has 0 saturated carbocycles. The molecule has 0 aromatic heterocycles. The predicted octanol–water partition coefficient (Wildman–Crippen LogP) is 2.86. The number of benzene rings is 3. The molecule has 0 atom stereocenters. The fraction of sp³-hybridized carbons (Fsp3) is 0.200. The van der Waals surface area contributed by atoms with Gasteiger partial charge < -0.3 is 15.1 Å². The summed E-state index contributed by atoms with van der Waals surface area (Å²) in [5.74, 6) is -0.767. The lowest BCUT2D eigenvalue weighted by Crippen LogP contribution is -3.13. The highest BCUT2D eigenvalue weighted by atomic mass is 32.1. The maximum Gasteiger partial charge on any atom is 0.257 e. The molecule has 3 aromatic rings. The zero-order valence-corrected chi connectivity index (χ0v) is 18.5. The van der Waals surface area contributed by atoms with Gasteiger partial charge in [0.15, 0.2) is 5.11 Å². The number of thiocarbonyl (C=S) groups is 1. The number of rotatable bonds is 5. The third-order valence-corrected chi connectivity index (χ3v) is 5.80. The third kappa shape index (κ3) is 5.90. The van der Waals surface area contributed by atoms with Gasteiger partial charge in [-0.05, 0) is 60.7 Å². The maximum atomic E-state index is 13.0. The average Bonchev–Trinajstić information content (AvgIpc) is 2.81. The van der Waals surface area contributed by atoms with Crippen molar-refractivity contribution in [3.05, 3.63) is 95.8 Å². The Morgan fingerprint density at radius 2 is 1.59 bits per heavy atom. The molecule has 164 valence electrons. The van der Waals surface area contributed by atoms with Crippen molar-refractivity contribution in [3.8, 4) is 0 Å². The molecule has 7 heteroatoms. The molecule has 0 spiro atoms. The number of hydrogen-bond acceptors (Lipinski definition) is 3. The van der Waals surface area contributed by atoms with Crippen LogP contribution in [-0.4, -0.2) is 37.2 Å². The smallest absolute Gasteiger partial charge is 0.257 e. The van der Waals surface area contributed by atoms with Crippen molar-refractivity contribution in [2.45, 2.75) is 6.54 Å². The second-order valence-electron chi connectivity index (χ2n) is 7.86. The topological polar surface area (TPSA) is 48.8 Å². The van der Waals surface area contributed by atoms with E-state index < -0.39 is 0 Å². The molecule has 0 aliphatic carbocycles. The normalized spacial score (nSPS) is 14.1. The Balaban J connectivity index is 1.25. The van der Waals surface area contributed by atoms with Gasteiger partial charge in [-0.2, -0.15) is 0 Å². The zero-order chi connectivity index (χ0) is 22.3. The summed E-state index contributed by atoms with van der Waals surface area (Å²) < 4.78 is 13.0. The van der Waals surface area contributed by atoms with Crippen LogP contribution in [0.5, 0.6) is 0 Å². The Bertz CT molecular complexity index is 1050. The molecule has 1 saturated heterocycles. The molecule has 0 bridgehead atoms. The van der Waals surface area contributed by atoms with E-state index in [0.29, 0.717) is 5.56 Å². The minimum atomic E-state index is -0.388. The van der Waals surface area contributed by atoms with Crippen LogP contribution < -0.4 is 20.4 Å². The Morgan fingerprint density at radius 3 is 2.25 bits per heavy atom. The van der Waals surface area contributed by atoms with E-state index in [1.165, 1.54) is 35.5 Å². The fourth-order valence-electron chi connectivity index (χ4n) is 3.84. The van der Waals surface area contributed by atoms with Crippen molar-refractivity contribution in [1.82, 2.24) is 5.32 Å². The molecule has 0 unspecified atom stereocenters. The molecule has 1 aliphatic heterocycles. The van der Waals surface area contributed by atoms with Gasteiger partial charge in [-0.15, -0.1) is 0 Å². The summed E-state index contributed by atoms with van der Waals surface area (Å²) >= 11 is 5.23. The van der Waals surface area contributed by atoms with Gasteiger partial charge in [-0.3, -0.25) is 10.1 Å². The number of amides is 1. The highest BCUT2D eigenvalue weighted by Gasteiger charge is 2.20. The predicted molar refractivity (Wildman–Crippen MR) is 130 cm³/mol. The van der Waals surface area contributed by atoms with E-state index in [9.17, 15) is 9.18 Å². The fourth-order valence-corrected chi connectivity index (χ4v) is 4.05. The third-order valence-electron chi connectivity index (χ3n) is 5.59. The number of nitrogens with one attached hydrogen (secondary N) is 3. The van der Waals surface area contributed by atoms with Crippen LogP contribution in [0.1, 0.15) is 15.9 Å². The summed E-state index contributed by atoms with van der Waals surface area (Å²) in [7, 11) is 0. The molecule has 3 N–H and O–H groups in total. The number of nitrogens with zero attached hydrogens (tertiary/aromatic N) is 1. The van der Waals surface area contributed by atoms with Crippen molar-refractivity contribution in [3.63, 3.8) is 0 Å². The molecule has 1 aliphatic rings. The summed E-state index contributed by atoms with van der Waals surface area (Å²) in [5, 5.41) is 5.83. The van der Waals surface area contributed by atoms with Crippen molar-refractivity contribution < 1.29 is 14.1 Å². The number of carbonyl (C=O) groups is 1. The summed E-state index contributed by atoms with van der Waals surface area (Å²) in [4.78, 5) is 16.2. The van der Waals surface area contributed by atoms with Crippen LogP contribution in [0.4, 0.5) is 15.8 Å². The van der Waals surface area contributed by atoms with Gasteiger partial charge in [0, 0.05) is 22.5 Å².